The van der Waals surface area contributed by atoms with Gasteiger partial charge in [0, 0.05) is 5.56 Å². The van der Waals surface area contributed by atoms with Crippen LogP contribution < -0.4 is 5.56 Å². The van der Waals surface area contributed by atoms with E-state index < -0.39 is 11.5 Å². The summed E-state index contributed by atoms with van der Waals surface area (Å²) in [6.45, 7) is 7.82. The van der Waals surface area contributed by atoms with Crippen molar-refractivity contribution in [2.75, 3.05) is 0 Å². The molecule has 0 fully saturated rings. The topological polar surface area (TPSA) is 72.2 Å². The number of carboxylic acid groups (broad SMARTS) is 1. The third-order valence-corrected chi connectivity index (χ3v) is 3.43. The van der Waals surface area contributed by atoms with Gasteiger partial charge in [0.25, 0.3) is 5.56 Å². The Morgan fingerprint density at radius 2 is 1.76 bits per heavy atom. The van der Waals surface area contributed by atoms with Gasteiger partial charge in [-0.2, -0.15) is 9.78 Å². The normalized spacial score (nSPS) is 11.4. The van der Waals surface area contributed by atoms with Gasteiger partial charge in [-0.05, 0) is 30.0 Å². The van der Waals surface area contributed by atoms with Gasteiger partial charge >= 0.3 is 5.97 Å². The molecule has 5 nitrogen and oxygen atoms in total. The molecule has 110 valence electrons. The zero-order chi connectivity index (χ0) is 15.8. The van der Waals surface area contributed by atoms with Crippen LogP contribution in [0.1, 0.15) is 42.3 Å². The van der Waals surface area contributed by atoms with Gasteiger partial charge in [0.2, 0.25) is 0 Å². The number of carbonyl (C=O) groups is 1. The molecule has 2 rings (SSSR count). The van der Waals surface area contributed by atoms with Gasteiger partial charge in [-0.3, -0.25) is 4.79 Å². The molecule has 5 heteroatoms. The Bertz CT molecular complexity index is 738. The standard InChI is InChI=1S/C16H18N2O3/c1-10-13(15(20)21)9-17-18(14(10)19)12-7-5-11(6-8-12)16(2,3)4/h5-9H,1-4H3,(H,20,21). The third-order valence-electron chi connectivity index (χ3n) is 3.43. The van der Waals surface area contributed by atoms with Gasteiger partial charge in [-0.1, -0.05) is 32.9 Å². The first-order valence-electron chi connectivity index (χ1n) is 6.65. The number of hydrogen-bond acceptors (Lipinski definition) is 3. The molecule has 0 radical (unpaired) electrons. The average molecular weight is 286 g/mol. The van der Waals surface area contributed by atoms with E-state index in [4.69, 9.17) is 5.11 Å². The molecule has 21 heavy (non-hydrogen) atoms. The van der Waals surface area contributed by atoms with Crippen LogP contribution in [0, 0.1) is 6.92 Å². The smallest absolute Gasteiger partial charge is 0.337 e. The van der Waals surface area contributed by atoms with Crippen LogP contribution in [0.3, 0.4) is 0 Å². The van der Waals surface area contributed by atoms with Crippen molar-refractivity contribution in [3.05, 3.63) is 57.5 Å². The van der Waals surface area contributed by atoms with Crippen LogP contribution in [0.2, 0.25) is 0 Å². The first kappa shape index (κ1) is 15.0. The summed E-state index contributed by atoms with van der Waals surface area (Å²) in [5, 5.41) is 12.9. The number of rotatable bonds is 2. The Morgan fingerprint density at radius 3 is 2.24 bits per heavy atom. The van der Waals surface area contributed by atoms with Crippen LogP contribution >= 0.6 is 0 Å². The van der Waals surface area contributed by atoms with E-state index in [9.17, 15) is 9.59 Å². The zero-order valence-corrected chi connectivity index (χ0v) is 12.5. The second-order valence-electron chi connectivity index (χ2n) is 6.00. The summed E-state index contributed by atoms with van der Waals surface area (Å²) in [4.78, 5) is 23.2. The number of benzene rings is 1. The van der Waals surface area contributed by atoms with Crippen LogP contribution in [-0.2, 0) is 5.41 Å². The molecule has 0 aliphatic carbocycles. The summed E-state index contributed by atoms with van der Waals surface area (Å²) in [7, 11) is 0. The summed E-state index contributed by atoms with van der Waals surface area (Å²) in [5.74, 6) is -1.15. The van der Waals surface area contributed by atoms with Gasteiger partial charge in [-0.15, -0.1) is 0 Å². The molecular weight excluding hydrogens is 268 g/mol. The Hall–Kier alpha value is -2.43. The van der Waals surface area contributed by atoms with E-state index in [1.807, 2.05) is 24.3 Å². The second kappa shape index (κ2) is 5.16. The van der Waals surface area contributed by atoms with E-state index in [-0.39, 0.29) is 16.5 Å². The fourth-order valence-electron chi connectivity index (χ4n) is 2.04. The maximum Gasteiger partial charge on any atom is 0.337 e. The van der Waals surface area contributed by atoms with E-state index in [2.05, 4.69) is 25.9 Å². The minimum atomic E-state index is -1.15. The molecule has 0 saturated carbocycles. The van der Waals surface area contributed by atoms with Crippen molar-refractivity contribution < 1.29 is 9.90 Å². The Morgan fingerprint density at radius 1 is 1.19 bits per heavy atom. The number of aromatic carboxylic acids is 1. The molecule has 1 N–H and O–H groups in total. The lowest BCUT2D eigenvalue weighted by Crippen LogP contribution is -2.26. The number of aromatic nitrogens is 2. The molecule has 0 aliphatic rings. The predicted octanol–water partition coefficient (Wildman–Crippen LogP) is 2.54. The lowest BCUT2D eigenvalue weighted by atomic mass is 9.87. The monoisotopic (exact) mass is 286 g/mol. The fourth-order valence-corrected chi connectivity index (χ4v) is 2.04. The van der Waals surface area contributed by atoms with Crippen molar-refractivity contribution >= 4 is 5.97 Å². The summed E-state index contributed by atoms with van der Waals surface area (Å²) in [6, 6.07) is 7.53. The van der Waals surface area contributed by atoms with Gasteiger partial charge < -0.3 is 5.11 Å². The maximum absolute atomic E-state index is 12.2. The molecule has 0 saturated heterocycles. The minimum Gasteiger partial charge on any atom is -0.478 e. The van der Waals surface area contributed by atoms with Crippen LogP contribution in [0.4, 0.5) is 0 Å². The minimum absolute atomic E-state index is 0.0278. The zero-order valence-electron chi connectivity index (χ0n) is 12.5. The summed E-state index contributed by atoms with van der Waals surface area (Å²) < 4.78 is 1.22. The van der Waals surface area contributed by atoms with Crippen molar-refractivity contribution in [1.29, 1.82) is 0 Å². The quantitative estimate of drug-likeness (QED) is 0.920. The highest BCUT2D eigenvalue weighted by atomic mass is 16.4. The molecule has 0 bridgehead atoms. The third kappa shape index (κ3) is 2.86. The number of nitrogens with zero attached hydrogens (tertiary/aromatic N) is 2. The van der Waals surface area contributed by atoms with E-state index in [0.717, 1.165) is 5.56 Å². The highest BCUT2D eigenvalue weighted by molar-refractivity contribution is 5.88. The van der Waals surface area contributed by atoms with E-state index in [1.165, 1.54) is 17.8 Å². The lowest BCUT2D eigenvalue weighted by Gasteiger charge is -2.19. The van der Waals surface area contributed by atoms with Gasteiger partial charge in [0.1, 0.15) is 0 Å². The van der Waals surface area contributed by atoms with Crippen LogP contribution in [0.25, 0.3) is 5.69 Å². The van der Waals surface area contributed by atoms with Crippen molar-refractivity contribution in [2.45, 2.75) is 33.1 Å². The molecule has 1 aromatic heterocycles. The molecule has 1 heterocycles. The summed E-state index contributed by atoms with van der Waals surface area (Å²) in [6.07, 6.45) is 1.21. The highest BCUT2D eigenvalue weighted by Crippen LogP contribution is 2.22. The SMILES string of the molecule is Cc1c(C(=O)O)cnn(-c2ccc(C(C)(C)C)cc2)c1=O. The van der Waals surface area contributed by atoms with Crippen molar-refractivity contribution in [1.82, 2.24) is 9.78 Å². The molecule has 1 aromatic carbocycles. The first-order chi connectivity index (χ1) is 9.71. The van der Waals surface area contributed by atoms with Crippen molar-refractivity contribution in [3.8, 4) is 5.69 Å². The van der Waals surface area contributed by atoms with Gasteiger partial charge in [0.05, 0.1) is 17.4 Å². The van der Waals surface area contributed by atoms with Crippen LogP contribution in [-0.4, -0.2) is 20.9 Å². The Balaban J connectivity index is 2.51. The molecular formula is C16H18N2O3. The molecule has 0 atom stereocenters. The number of hydrogen-bond donors (Lipinski definition) is 1. The van der Waals surface area contributed by atoms with Gasteiger partial charge in [0.15, 0.2) is 0 Å². The second-order valence-corrected chi connectivity index (χ2v) is 6.00. The number of carboxylic acids is 1. The molecule has 0 amide bonds. The van der Waals surface area contributed by atoms with E-state index in [0.29, 0.717) is 5.69 Å². The Kier molecular flexibility index (Phi) is 3.68. The largest absolute Gasteiger partial charge is 0.478 e. The molecule has 0 spiro atoms. The van der Waals surface area contributed by atoms with Crippen LogP contribution in [0.15, 0.2) is 35.3 Å². The molecule has 0 aliphatic heterocycles. The summed E-state index contributed by atoms with van der Waals surface area (Å²) in [5.41, 5.74) is 1.49. The molecule has 2 aromatic rings. The fraction of sp³-hybridized carbons (Fsp3) is 0.312. The average Bonchev–Trinajstić information content (AvgIpc) is 2.40. The highest BCUT2D eigenvalue weighted by Gasteiger charge is 2.15. The van der Waals surface area contributed by atoms with Gasteiger partial charge in [-0.25, -0.2) is 4.79 Å². The lowest BCUT2D eigenvalue weighted by molar-refractivity contribution is 0.0695. The van der Waals surface area contributed by atoms with E-state index in [1.54, 1.807) is 0 Å². The van der Waals surface area contributed by atoms with Crippen LogP contribution in [0.5, 0.6) is 0 Å². The van der Waals surface area contributed by atoms with Crippen molar-refractivity contribution in [2.24, 2.45) is 0 Å². The maximum atomic E-state index is 12.2. The van der Waals surface area contributed by atoms with E-state index >= 15 is 0 Å². The van der Waals surface area contributed by atoms with Crippen molar-refractivity contribution in [3.63, 3.8) is 0 Å². The molecule has 0 unspecified atom stereocenters. The predicted molar refractivity (Wildman–Crippen MR) is 80.2 cm³/mol. The Labute approximate surface area is 122 Å². The first-order valence-corrected chi connectivity index (χ1v) is 6.65. The summed E-state index contributed by atoms with van der Waals surface area (Å²) >= 11 is 0.